The second kappa shape index (κ2) is 10.4. The Kier molecular flexibility index (Phi) is 7.90. The summed E-state index contributed by atoms with van der Waals surface area (Å²) in [5, 5.41) is 4.43. The minimum Gasteiger partial charge on any atom is -0.326 e. The molecule has 1 aliphatic heterocycles. The highest BCUT2D eigenvalue weighted by Crippen LogP contribution is 2.33. The van der Waals surface area contributed by atoms with Crippen LogP contribution >= 0.6 is 35.3 Å². The molecule has 0 bridgehead atoms. The van der Waals surface area contributed by atoms with Crippen LogP contribution < -0.4 is 5.32 Å². The largest absolute Gasteiger partial charge is 0.416 e. The van der Waals surface area contributed by atoms with Crippen molar-refractivity contribution in [3.8, 4) is 0 Å². The van der Waals surface area contributed by atoms with Crippen molar-refractivity contribution in [2.75, 3.05) is 11.9 Å². The van der Waals surface area contributed by atoms with E-state index in [1.807, 2.05) is 23.6 Å². The fourth-order valence-electron chi connectivity index (χ4n) is 2.92. The molecule has 1 aliphatic rings. The summed E-state index contributed by atoms with van der Waals surface area (Å²) in [6.07, 6.45) is -0.502. The first-order valence-electron chi connectivity index (χ1n) is 9.50. The van der Waals surface area contributed by atoms with Crippen LogP contribution in [0, 0.1) is 0 Å². The molecule has 10 heteroatoms. The molecule has 1 aromatic heterocycles. The van der Waals surface area contributed by atoms with Crippen LogP contribution in [-0.4, -0.2) is 27.6 Å². The Morgan fingerprint density at radius 3 is 2.68 bits per heavy atom. The number of anilines is 1. The summed E-state index contributed by atoms with van der Waals surface area (Å²) in [5.41, 5.74) is -0.683. The zero-order valence-electron chi connectivity index (χ0n) is 16.3. The third-order valence-corrected chi connectivity index (χ3v) is 6.65. The lowest BCUT2D eigenvalue weighted by Gasteiger charge is -2.14. The van der Waals surface area contributed by atoms with E-state index in [1.54, 1.807) is 16.2 Å². The minimum atomic E-state index is -4.45. The number of halogens is 3. The first kappa shape index (κ1) is 23.5. The van der Waals surface area contributed by atoms with Crippen LogP contribution in [0.5, 0.6) is 0 Å². The third-order valence-electron chi connectivity index (χ3n) is 4.45. The Balaban J connectivity index is 1.40. The third kappa shape index (κ3) is 6.65. The molecular weight excluding hydrogens is 465 g/mol. The first-order valence-corrected chi connectivity index (χ1v) is 11.6. The monoisotopic (exact) mass is 484 g/mol. The highest BCUT2D eigenvalue weighted by atomic mass is 32.2. The number of hydrogen-bond donors (Lipinski definition) is 1. The van der Waals surface area contributed by atoms with Gasteiger partial charge in [0, 0.05) is 23.5 Å². The number of amides is 2. The number of unbranched alkanes of at least 4 members (excludes halogenated alkanes) is 2. The number of hydrogen-bond acceptors (Lipinski definition) is 5. The summed E-state index contributed by atoms with van der Waals surface area (Å²) in [7, 11) is 0. The maximum Gasteiger partial charge on any atom is 0.416 e. The van der Waals surface area contributed by atoms with E-state index in [9.17, 15) is 22.8 Å². The van der Waals surface area contributed by atoms with Crippen LogP contribution in [0.25, 0.3) is 6.08 Å². The van der Waals surface area contributed by atoms with E-state index in [1.165, 1.54) is 23.9 Å². The Bertz CT molecular complexity index is 988. The van der Waals surface area contributed by atoms with Gasteiger partial charge in [0.25, 0.3) is 5.91 Å². The number of thiophene rings is 1. The molecule has 0 saturated carbocycles. The van der Waals surface area contributed by atoms with E-state index < -0.39 is 11.7 Å². The first-order chi connectivity index (χ1) is 14.7. The number of alkyl halides is 3. The maximum absolute atomic E-state index is 12.7. The molecule has 0 aliphatic carbocycles. The summed E-state index contributed by atoms with van der Waals surface area (Å²) >= 11 is 8.14. The van der Waals surface area contributed by atoms with Gasteiger partial charge in [-0.1, -0.05) is 42.5 Å². The Hall–Kier alpha value is -2.17. The Morgan fingerprint density at radius 1 is 1.16 bits per heavy atom. The summed E-state index contributed by atoms with van der Waals surface area (Å²) in [6, 6.07) is 8.40. The van der Waals surface area contributed by atoms with E-state index in [-0.39, 0.29) is 23.9 Å². The minimum absolute atomic E-state index is 0.106. The van der Waals surface area contributed by atoms with Gasteiger partial charge in [0.15, 0.2) is 0 Å². The van der Waals surface area contributed by atoms with Crippen molar-refractivity contribution in [1.29, 1.82) is 0 Å². The predicted molar refractivity (Wildman–Crippen MR) is 123 cm³/mol. The van der Waals surface area contributed by atoms with Crippen LogP contribution in [0.1, 0.15) is 36.1 Å². The SMILES string of the molecule is O=C(CCCCCN1C(=O)/C(=C/c2cccs2)SC1=S)Nc1cccc(C(F)(F)F)c1. The molecule has 4 nitrogen and oxygen atoms in total. The number of thioether (sulfide) groups is 1. The molecule has 1 saturated heterocycles. The lowest BCUT2D eigenvalue weighted by molar-refractivity contribution is -0.137. The Morgan fingerprint density at radius 2 is 1.97 bits per heavy atom. The van der Waals surface area contributed by atoms with Gasteiger partial charge < -0.3 is 5.32 Å². The molecule has 3 rings (SSSR count). The topological polar surface area (TPSA) is 49.4 Å². The lowest BCUT2D eigenvalue weighted by Crippen LogP contribution is -2.29. The summed E-state index contributed by atoms with van der Waals surface area (Å²) in [4.78, 5) is 27.7. The maximum atomic E-state index is 12.7. The van der Waals surface area contributed by atoms with Crippen LogP contribution in [0.4, 0.5) is 18.9 Å². The highest BCUT2D eigenvalue weighted by Gasteiger charge is 2.32. The van der Waals surface area contributed by atoms with Gasteiger partial charge in [-0.05, 0) is 48.6 Å². The molecule has 0 unspecified atom stereocenters. The average Bonchev–Trinajstić information content (AvgIpc) is 3.31. The number of benzene rings is 1. The number of carbonyl (C=O) groups excluding carboxylic acids is 2. The van der Waals surface area contributed by atoms with Crippen LogP contribution in [-0.2, 0) is 15.8 Å². The zero-order chi connectivity index (χ0) is 22.4. The molecule has 2 amide bonds. The molecule has 31 heavy (non-hydrogen) atoms. The molecule has 1 N–H and O–H groups in total. The summed E-state index contributed by atoms with van der Waals surface area (Å²) < 4.78 is 38.7. The fraction of sp³-hybridized carbons (Fsp3) is 0.286. The van der Waals surface area contributed by atoms with Crippen molar-refractivity contribution >= 4 is 63.2 Å². The highest BCUT2D eigenvalue weighted by molar-refractivity contribution is 8.26. The van der Waals surface area contributed by atoms with Gasteiger partial charge in [0.2, 0.25) is 5.91 Å². The van der Waals surface area contributed by atoms with Gasteiger partial charge in [-0.2, -0.15) is 13.2 Å². The normalized spacial score (nSPS) is 15.7. The van der Waals surface area contributed by atoms with Gasteiger partial charge in [-0.3, -0.25) is 14.5 Å². The number of rotatable bonds is 8. The molecule has 1 aromatic carbocycles. The number of nitrogens with zero attached hydrogens (tertiary/aromatic N) is 1. The molecule has 164 valence electrons. The van der Waals surface area contributed by atoms with Crippen molar-refractivity contribution in [3.63, 3.8) is 0 Å². The number of carbonyl (C=O) groups is 2. The van der Waals surface area contributed by atoms with Crippen LogP contribution in [0.2, 0.25) is 0 Å². The van der Waals surface area contributed by atoms with Gasteiger partial charge in [-0.25, -0.2) is 0 Å². The molecule has 0 spiro atoms. The van der Waals surface area contributed by atoms with E-state index in [0.29, 0.717) is 35.0 Å². The molecule has 2 heterocycles. The van der Waals surface area contributed by atoms with Gasteiger partial charge in [0.05, 0.1) is 10.5 Å². The summed E-state index contributed by atoms with van der Waals surface area (Å²) in [5.74, 6) is -0.450. The van der Waals surface area contributed by atoms with E-state index >= 15 is 0 Å². The summed E-state index contributed by atoms with van der Waals surface area (Å²) in [6.45, 7) is 0.474. The predicted octanol–water partition coefficient (Wildman–Crippen LogP) is 6.17. The van der Waals surface area contributed by atoms with E-state index in [2.05, 4.69) is 5.32 Å². The standard InChI is InChI=1S/C21H19F3N2O2S3/c22-21(23,24)14-6-4-7-15(12-14)25-18(27)9-2-1-3-10-26-19(28)17(31-20(26)29)13-16-8-5-11-30-16/h4-8,11-13H,1-3,9-10H2,(H,25,27)/b17-13-. The molecule has 0 atom stereocenters. The Labute approximate surface area is 191 Å². The second-order valence-corrected chi connectivity index (χ2v) is 9.44. The lowest BCUT2D eigenvalue weighted by atomic mass is 10.1. The fourth-order valence-corrected chi connectivity index (χ4v) is 4.96. The molecule has 2 aromatic rings. The van der Waals surface area contributed by atoms with Crippen molar-refractivity contribution in [2.24, 2.45) is 0 Å². The molecule has 1 fully saturated rings. The number of nitrogens with one attached hydrogen (secondary N) is 1. The number of thiocarbonyl (C=S) groups is 1. The van der Waals surface area contributed by atoms with Gasteiger partial charge in [0.1, 0.15) is 4.32 Å². The van der Waals surface area contributed by atoms with E-state index in [0.717, 1.165) is 17.0 Å². The van der Waals surface area contributed by atoms with Crippen LogP contribution in [0.15, 0.2) is 46.7 Å². The molecule has 0 radical (unpaired) electrons. The van der Waals surface area contributed by atoms with E-state index in [4.69, 9.17) is 12.2 Å². The van der Waals surface area contributed by atoms with Gasteiger partial charge >= 0.3 is 6.18 Å². The van der Waals surface area contributed by atoms with Crippen LogP contribution in [0.3, 0.4) is 0 Å². The second-order valence-electron chi connectivity index (χ2n) is 6.79. The zero-order valence-corrected chi connectivity index (χ0v) is 18.7. The van der Waals surface area contributed by atoms with Crippen molar-refractivity contribution in [1.82, 2.24) is 4.90 Å². The smallest absolute Gasteiger partial charge is 0.326 e. The van der Waals surface area contributed by atoms with Gasteiger partial charge in [-0.15, -0.1) is 11.3 Å². The van der Waals surface area contributed by atoms with Crippen molar-refractivity contribution in [3.05, 3.63) is 57.1 Å². The van der Waals surface area contributed by atoms with Crippen molar-refractivity contribution in [2.45, 2.75) is 31.9 Å². The van der Waals surface area contributed by atoms with Crippen molar-refractivity contribution < 1.29 is 22.8 Å². The molecular formula is C21H19F3N2O2S3. The quantitative estimate of drug-likeness (QED) is 0.277. The average molecular weight is 485 g/mol.